The van der Waals surface area contributed by atoms with Crippen molar-refractivity contribution < 1.29 is 48.3 Å². The van der Waals surface area contributed by atoms with Gasteiger partial charge in [0.25, 0.3) is 0 Å². The number of hydrogen-bond donors (Lipinski definition) is 2. The highest BCUT2D eigenvalue weighted by Gasteiger charge is 2.36. The highest BCUT2D eigenvalue weighted by Crippen LogP contribution is 2.29. The van der Waals surface area contributed by atoms with Gasteiger partial charge in [-0.1, -0.05) is 52.0 Å². The summed E-state index contributed by atoms with van der Waals surface area (Å²) in [5, 5.41) is 21.0. The Morgan fingerprint density at radius 2 is 1.73 bits per heavy atom. The van der Waals surface area contributed by atoms with Gasteiger partial charge in [-0.2, -0.15) is 0 Å². The Labute approximate surface area is 273 Å². The van der Waals surface area contributed by atoms with E-state index in [2.05, 4.69) is 0 Å². The van der Waals surface area contributed by atoms with Gasteiger partial charge in [-0.15, -0.1) is 11.6 Å². The molecular formula is C34H53ClO10. The number of hydrogen-bond acceptors (Lipinski definition) is 10. The maximum Gasteiger partial charge on any atom is 0.310 e. The van der Waals surface area contributed by atoms with Crippen LogP contribution in [0.4, 0.5) is 0 Å². The molecule has 1 rings (SSSR count). The van der Waals surface area contributed by atoms with Crippen LogP contribution in [0.3, 0.4) is 0 Å². The number of esters is 4. The molecule has 0 aliphatic carbocycles. The molecule has 45 heavy (non-hydrogen) atoms. The van der Waals surface area contributed by atoms with E-state index in [1.54, 1.807) is 12.2 Å². The van der Waals surface area contributed by atoms with Gasteiger partial charge in [-0.25, -0.2) is 0 Å². The average Bonchev–Trinajstić information content (AvgIpc) is 2.93. The van der Waals surface area contributed by atoms with E-state index >= 15 is 0 Å². The predicted octanol–water partition coefficient (Wildman–Crippen LogP) is 5.36. The third-order valence-corrected chi connectivity index (χ3v) is 8.40. The molecular weight excluding hydrogens is 604 g/mol. The summed E-state index contributed by atoms with van der Waals surface area (Å²) in [6.07, 6.45) is 6.16. The van der Waals surface area contributed by atoms with Crippen molar-refractivity contribution in [1.82, 2.24) is 0 Å². The molecule has 0 saturated heterocycles. The van der Waals surface area contributed by atoms with Gasteiger partial charge in [0.15, 0.2) is 0 Å². The molecule has 0 aromatic rings. The van der Waals surface area contributed by atoms with Gasteiger partial charge in [0, 0.05) is 32.6 Å². The molecule has 1 heterocycles. The van der Waals surface area contributed by atoms with Gasteiger partial charge in [0.05, 0.1) is 17.9 Å². The van der Waals surface area contributed by atoms with E-state index < -0.39 is 65.4 Å². The fourth-order valence-electron chi connectivity index (χ4n) is 5.31. The third kappa shape index (κ3) is 14.5. The number of allylic oxidation sites excluding steroid dienone is 3. The van der Waals surface area contributed by atoms with Crippen molar-refractivity contribution in [3.8, 4) is 0 Å². The first-order valence-electron chi connectivity index (χ1n) is 15.7. The van der Waals surface area contributed by atoms with Crippen LogP contribution in [0.2, 0.25) is 0 Å². The van der Waals surface area contributed by atoms with Crippen LogP contribution >= 0.6 is 11.6 Å². The normalized spacial score (nSPS) is 29.2. The van der Waals surface area contributed by atoms with Crippen molar-refractivity contribution in [3.05, 3.63) is 36.0 Å². The van der Waals surface area contributed by atoms with Crippen molar-refractivity contribution in [2.45, 2.75) is 136 Å². The molecule has 0 saturated carbocycles. The van der Waals surface area contributed by atoms with Gasteiger partial charge in [0.1, 0.15) is 30.0 Å². The number of alkyl halides is 1. The summed E-state index contributed by atoms with van der Waals surface area (Å²) in [6.45, 7) is 14.6. The Morgan fingerprint density at radius 1 is 1.11 bits per heavy atom. The fourth-order valence-corrected chi connectivity index (χ4v) is 5.87. The molecule has 256 valence electrons. The first-order chi connectivity index (χ1) is 20.9. The SMILES string of the molecule is CCC(O)C(C)C(OC(C)=O)C(Cl)CC(C)/C=C/C=C(\C)C1OC(=O)CC(OC(C)=O)CCC(C)(O)C(OC(C)=O)/C=C\C1C. The first-order valence-corrected chi connectivity index (χ1v) is 16.1. The van der Waals surface area contributed by atoms with Crippen molar-refractivity contribution in [2.75, 3.05) is 0 Å². The van der Waals surface area contributed by atoms with Crippen molar-refractivity contribution >= 4 is 35.5 Å². The minimum absolute atomic E-state index is 0.0204. The van der Waals surface area contributed by atoms with E-state index in [4.69, 9.17) is 30.5 Å². The van der Waals surface area contributed by atoms with Gasteiger partial charge in [0.2, 0.25) is 0 Å². The third-order valence-electron chi connectivity index (χ3n) is 7.98. The van der Waals surface area contributed by atoms with Crippen LogP contribution < -0.4 is 0 Å². The Kier molecular flexibility index (Phi) is 17.1. The Balaban J connectivity index is 3.24. The Morgan fingerprint density at radius 3 is 2.29 bits per heavy atom. The number of carbonyl (C=O) groups is 4. The summed E-state index contributed by atoms with van der Waals surface area (Å²) in [5.41, 5.74) is -0.759. The van der Waals surface area contributed by atoms with E-state index in [0.29, 0.717) is 12.8 Å². The van der Waals surface area contributed by atoms with E-state index in [0.717, 1.165) is 5.57 Å². The molecule has 0 aromatic heterocycles. The summed E-state index contributed by atoms with van der Waals surface area (Å²) < 4.78 is 22.1. The van der Waals surface area contributed by atoms with E-state index in [9.17, 15) is 29.4 Å². The van der Waals surface area contributed by atoms with Gasteiger partial charge in [-0.05, 0) is 57.1 Å². The van der Waals surface area contributed by atoms with Crippen LogP contribution in [0, 0.1) is 17.8 Å². The lowest BCUT2D eigenvalue weighted by molar-refractivity contribution is -0.160. The smallest absolute Gasteiger partial charge is 0.310 e. The van der Waals surface area contributed by atoms with Gasteiger partial charge < -0.3 is 29.2 Å². The largest absolute Gasteiger partial charge is 0.462 e. The monoisotopic (exact) mass is 656 g/mol. The van der Waals surface area contributed by atoms with Gasteiger partial charge in [-0.3, -0.25) is 19.2 Å². The maximum atomic E-state index is 13.0. The second kappa shape index (κ2) is 19.1. The molecule has 0 spiro atoms. The summed E-state index contributed by atoms with van der Waals surface area (Å²) in [5.74, 6) is -2.88. The Hall–Kier alpha value is -2.69. The molecule has 0 radical (unpaired) electrons. The van der Waals surface area contributed by atoms with Crippen molar-refractivity contribution in [3.63, 3.8) is 0 Å². The van der Waals surface area contributed by atoms with E-state index in [-0.39, 0.29) is 37.0 Å². The van der Waals surface area contributed by atoms with Crippen molar-refractivity contribution in [2.24, 2.45) is 17.8 Å². The molecule has 10 unspecified atom stereocenters. The van der Waals surface area contributed by atoms with Gasteiger partial charge >= 0.3 is 23.9 Å². The molecule has 10 atom stereocenters. The molecule has 11 heteroatoms. The Bertz CT molecular complexity index is 1080. The molecule has 1 aliphatic heterocycles. The zero-order valence-electron chi connectivity index (χ0n) is 28.2. The second-order valence-corrected chi connectivity index (χ2v) is 13.0. The zero-order valence-corrected chi connectivity index (χ0v) is 28.9. The maximum absolute atomic E-state index is 13.0. The molecule has 0 fully saturated rings. The number of cyclic esters (lactones) is 1. The highest BCUT2D eigenvalue weighted by atomic mass is 35.5. The summed E-state index contributed by atoms with van der Waals surface area (Å²) >= 11 is 6.69. The fraction of sp³-hybridized carbons (Fsp3) is 0.706. The van der Waals surface area contributed by atoms with Crippen LogP contribution in [0.15, 0.2) is 36.0 Å². The number of aliphatic hydroxyl groups is 2. The predicted molar refractivity (Wildman–Crippen MR) is 171 cm³/mol. The quantitative estimate of drug-likeness (QED) is 0.0925. The molecule has 0 aromatic carbocycles. The summed E-state index contributed by atoms with van der Waals surface area (Å²) in [4.78, 5) is 48.3. The number of halogens is 1. The second-order valence-electron chi connectivity index (χ2n) is 12.4. The topological polar surface area (TPSA) is 146 Å². The lowest BCUT2D eigenvalue weighted by atomic mass is 9.88. The van der Waals surface area contributed by atoms with Crippen LogP contribution in [-0.4, -0.2) is 75.6 Å². The minimum atomic E-state index is -1.48. The van der Waals surface area contributed by atoms with Crippen LogP contribution in [0.1, 0.15) is 94.4 Å². The van der Waals surface area contributed by atoms with E-state index in [1.165, 1.54) is 27.7 Å². The lowest BCUT2D eigenvalue weighted by Gasteiger charge is -2.33. The van der Waals surface area contributed by atoms with Crippen molar-refractivity contribution in [1.29, 1.82) is 0 Å². The first kappa shape index (κ1) is 40.3. The zero-order chi connectivity index (χ0) is 34.5. The van der Waals surface area contributed by atoms with Crippen LogP contribution in [-0.2, 0) is 38.1 Å². The molecule has 0 amide bonds. The molecule has 10 nitrogen and oxygen atoms in total. The number of carbonyl (C=O) groups excluding carboxylic acids is 4. The molecule has 2 N–H and O–H groups in total. The van der Waals surface area contributed by atoms with Crippen LogP contribution in [0.5, 0.6) is 0 Å². The summed E-state index contributed by atoms with van der Waals surface area (Å²) in [7, 11) is 0. The summed E-state index contributed by atoms with van der Waals surface area (Å²) in [6, 6.07) is 0. The number of rotatable bonds is 12. The minimum Gasteiger partial charge on any atom is -0.462 e. The standard InChI is InChI=1S/C34H53ClO10/c1-10-29(39)23(5)33(44-26(8)38)28(35)18-20(2)12-11-13-21(3)32-22(4)14-15-30(43-25(7)37)34(9,41)17-16-27(42-24(6)36)19-31(40)45-32/h11-15,20,22-23,27-30,32-33,39,41H,10,16-19H2,1-9H3/b12-11+,15-14-,21-13+. The van der Waals surface area contributed by atoms with E-state index in [1.807, 2.05) is 52.8 Å². The lowest BCUT2D eigenvalue weighted by Crippen LogP contribution is -2.42. The number of ether oxygens (including phenoxy) is 4. The number of aliphatic hydroxyl groups excluding tert-OH is 1. The highest BCUT2D eigenvalue weighted by molar-refractivity contribution is 6.21. The van der Waals surface area contributed by atoms with Crippen LogP contribution in [0.25, 0.3) is 0 Å². The molecule has 0 bridgehead atoms. The molecule has 1 aliphatic rings. The average molecular weight is 657 g/mol.